The Bertz CT molecular complexity index is 1880. The average molecular weight is 741 g/mol. The fraction of sp³-hybridized carbons (Fsp3) is 0.316. The molecular formula is C38H43Cl2N3O6S. The van der Waals surface area contributed by atoms with E-state index in [9.17, 15) is 18.0 Å². The van der Waals surface area contributed by atoms with E-state index in [1.807, 2.05) is 64.1 Å². The van der Waals surface area contributed by atoms with Crippen molar-refractivity contribution in [2.24, 2.45) is 0 Å². The van der Waals surface area contributed by atoms with Gasteiger partial charge in [0, 0.05) is 40.7 Å². The van der Waals surface area contributed by atoms with Crippen molar-refractivity contribution in [3.05, 3.63) is 117 Å². The summed E-state index contributed by atoms with van der Waals surface area (Å²) in [6.07, 6.45) is 0.820. The normalized spacial score (nSPS) is 12.5. The largest absolute Gasteiger partial charge is 0.493 e. The Morgan fingerprint density at radius 1 is 0.840 bits per heavy atom. The third-order valence-corrected chi connectivity index (χ3v) is 10.9. The first kappa shape index (κ1) is 38.6. The molecule has 4 aromatic carbocycles. The highest BCUT2D eigenvalue weighted by Crippen LogP contribution is 2.34. The van der Waals surface area contributed by atoms with Crippen LogP contribution >= 0.6 is 23.2 Å². The van der Waals surface area contributed by atoms with Crippen molar-refractivity contribution in [3.8, 4) is 11.5 Å². The van der Waals surface area contributed by atoms with Crippen LogP contribution in [0.25, 0.3) is 0 Å². The maximum atomic E-state index is 14.8. The van der Waals surface area contributed by atoms with E-state index in [-0.39, 0.29) is 41.2 Å². The van der Waals surface area contributed by atoms with E-state index in [4.69, 9.17) is 32.7 Å². The first-order chi connectivity index (χ1) is 23.8. The summed E-state index contributed by atoms with van der Waals surface area (Å²) in [5.41, 5.74) is 3.12. The first-order valence-corrected chi connectivity index (χ1v) is 18.4. The second kappa shape index (κ2) is 17.1. The molecule has 0 saturated carbocycles. The molecule has 2 amide bonds. The van der Waals surface area contributed by atoms with Crippen molar-refractivity contribution in [2.45, 2.75) is 64.1 Å². The number of hydrogen-bond acceptors (Lipinski definition) is 6. The number of carbonyl (C=O) groups is 2. The molecule has 266 valence electrons. The highest BCUT2D eigenvalue weighted by Gasteiger charge is 2.36. The molecule has 0 bridgehead atoms. The summed E-state index contributed by atoms with van der Waals surface area (Å²) in [7, 11) is -1.53. The van der Waals surface area contributed by atoms with Crippen LogP contribution in [0.4, 0.5) is 5.69 Å². The van der Waals surface area contributed by atoms with Crippen molar-refractivity contribution in [2.75, 3.05) is 25.1 Å². The van der Waals surface area contributed by atoms with Crippen LogP contribution in [0, 0.1) is 13.8 Å². The molecular weight excluding hydrogens is 697 g/mol. The summed E-state index contributed by atoms with van der Waals surface area (Å²) >= 11 is 13.2. The number of halogens is 2. The summed E-state index contributed by atoms with van der Waals surface area (Å²) in [5, 5.41) is 3.63. The Balaban J connectivity index is 1.89. The third kappa shape index (κ3) is 9.29. The molecule has 0 unspecified atom stereocenters. The summed E-state index contributed by atoms with van der Waals surface area (Å²) in [5.74, 6) is -0.468. The van der Waals surface area contributed by atoms with Gasteiger partial charge in [-0.05, 0) is 80.3 Å². The summed E-state index contributed by atoms with van der Waals surface area (Å²) in [6.45, 7) is 6.74. The topological polar surface area (TPSA) is 105 Å². The molecule has 4 rings (SSSR count). The quantitative estimate of drug-likeness (QED) is 0.137. The number of benzene rings is 4. The second-order valence-electron chi connectivity index (χ2n) is 12.1. The second-order valence-corrected chi connectivity index (χ2v) is 14.8. The smallest absolute Gasteiger partial charge is 0.264 e. The zero-order valence-electron chi connectivity index (χ0n) is 29.1. The number of hydrogen-bond donors (Lipinski definition) is 1. The number of nitrogens with zero attached hydrogens (tertiary/aromatic N) is 2. The lowest BCUT2D eigenvalue weighted by atomic mass is 10.0. The number of ether oxygens (including phenoxy) is 2. The van der Waals surface area contributed by atoms with Gasteiger partial charge in [-0.15, -0.1) is 0 Å². The molecule has 0 spiro atoms. The van der Waals surface area contributed by atoms with Crippen molar-refractivity contribution in [1.29, 1.82) is 0 Å². The fourth-order valence-electron chi connectivity index (χ4n) is 5.58. The summed E-state index contributed by atoms with van der Waals surface area (Å²) in [4.78, 5) is 30.2. The highest BCUT2D eigenvalue weighted by molar-refractivity contribution is 7.92. The maximum Gasteiger partial charge on any atom is 0.264 e. The van der Waals surface area contributed by atoms with Gasteiger partial charge in [0.05, 0.1) is 24.8 Å². The van der Waals surface area contributed by atoms with Crippen LogP contribution in [-0.2, 0) is 32.6 Å². The Kier molecular flexibility index (Phi) is 13.2. The van der Waals surface area contributed by atoms with E-state index in [0.29, 0.717) is 27.8 Å². The molecule has 0 radical (unpaired) electrons. The molecule has 0 fully saturated rings. The molecule has 50 heavy (non-hydrogen) atoms. The van der Waals surface area contributed by atoms with Crippen LogP contribution in [0.3, 0.4) is 0 Å². The van der Waals surface area contributed by atoms with Gasteiger partial charge in [-0.1, -0.05) is 72.6 Å². The van der Waals surface area contributed by atoms with Gasteiger partial charge in [0.15, 0.2) is 11.5 Å². The molecule has 0 aliphatic carbocycles. The molecule has 2 atom stereocenters. The number of rotatable bonds is 15. The zero-order chi connectivity index (χ0) is 36.6. The number of anilines is 1. The number of nitrogens with one attached hydrogen (secondary N) is 1. The molecule has 0 heterocycles. The predicted molar refractivity (Wildman–Crippen MR) is 199 cm³/mol. The monoisotopic (exact) mass is 739 g/mol. The zero-order valence-corrected chi connectivity index (χ0v) is 31.4. The molecule has 4 aromatic rings. The number of carbonyl (C=O) groups excluding carboxylic acids is 2. The first-order valence-electron chi connectivity index (χ1n) is 16.2. The van der Waals surface area contributed by atoms with Gasteiger partial charge >= 0.3 is 0 Å². The molecule has 0 aromatic heterocycles. The summed E-state index contributed by atoms with van der Waals surface area (Å²) in [6, 6.07) is 22.6. The van der Waals surface area contributed by atoms with E-state index in [1.165, 1.54) is 37.3 Å². The van der Waals surface area contributed by atoms with Gasteiger partial charge in [-0.25, -0.2) is 8.42 Å². The minimum Gasteiger partial charge on any atom is -0.493 e. The van der Waals surface area contributed by atoms with Gasteiger partial charge in [0.25, 0.3) is 10.0 Å². The Hall–Kier alpha value is -4.25. The van der Waals surface area contributed by atoms with E-state index >= 15 is 0 Å². The van der Waals surface area contributed by atoms with Gasteiger partial charge < -0.3 is 19.7 Å². The number of amides is 2. The van der Waals surface area contributed by atoms with Gasteiger partial charge in [0.1, 0.15) is 12.6 Å². The van der Waals surface area contributed by atoms with Crippen LogP contribution in [0.2, 0.25) is 10.0 Å². The van der Waals surface area contributed by atoms with Crippen LogP contribution in [0.5, 0.6) is 11.5 Å². The van der Waals surface area contributed by atoms with Gasteiger partial charge in [-0.2, -0.15) is 0 Å². The van der Waals surface area contributed by atoms with Crippen molar-refractivity contribution in [1.82, 2.24) is 10.2 Å². The SMILES string of the molecule is CC[C@@H](C)NC(=O)[C@H](Cc1ccccc1)N(Cc1c(Cl)cccc1Cl)C(=O)CN(c1cc(C)cc(C)c1)S(=O)(=O)c1ccc(OC)c(OC)c1. The molecule has 0 aliphatic rings. The van der Waals surface area contributed by atoms with Gasteiger partial charge in [0.2, 0.25) is 11.8 Å². The van der Waals surface area contributed by atoms with Gasteiger partial charge in [-0.3, -0.25) is 13.9 Å². The van der Waals surface area contributed by atoms with Crippen LogP contribution in [0.15, 0.2) is 89.8 Å². The van der Waals surface area contributed by atoms with E-state index in [2.05, 4.69) is 5.32 Å². The molecule has 0 aliphatic heterocycles. The average Bonchev–Trinajstić information content (AvgIpc) is 3.09. The lowest BCUT2D eigenvalue weighted by Gasteiger charge is -2.34. The standard InChI is InChI=1S/C38H43Cl2N3O6S/c1-7-27(4)41-38(45)34(21-28-12-9-8-10-13-28)42(23-31-32(39)14-11-15-33(31)40)37(44)24-43(29-19-25(2)18-26(3)20-29)50(46,47)30-16-17-35(48-5)36(22-30)49-6/h8-20,22,27,34H,7,21,23-24H2,1-6H3,(H,41,45)/t27-,34+/m1/s1. The van der Waals surface area contributed by atoms with Crippen LogP contribution < -0.4 is 19.1 Å². The lowest BCUT2D eigenvalue weighted by molar-refractivity contribution is -0.140. The molecule has 9 nitrogen and oxygen atoms in total. The predicted octanol–water partition coefficient (Wildman–Crippen LogP) is 7.38. The Morgan fingerprint density at radius 3 is 2.04 bits per heavy atom. The third-order valence-electron chi connectivity index (χ3n) is 8.38. The minimum atomic E-state index is -4.39. The minimum absolute atomic E-state index is 0.113. The Labute approximate surface area is 305 Å². The molecule has 1 N–H and O–H groups in total. The highest BCUT2D eigenvalue weighted by atomic mass is 35.5. The fourth-order valence-corrected chi connectivity index (χ4v) is 7.51. The van der Waals surface area contributed by atoms with Crippen molar-refractivity contribution < 1.29 is 27.5 Å². The molecule has 12 heteroatoms. The maximum absolute atomic E-state index is 14.8. The van der Waals surface area contributed by atoms with Crippen molar-refractivity contribution >= 4 is 50.7 Å². The summed E-state index contributed by atoms with van der Waals surface area (Å²) < 4.78 is 40.9. The van der Waals surface area contributed by atoms with Crippen molar-refractivity contribution in [3.63, 3.8) is 0 Å². The number of sulfonamides is 1. The Morgan fingerprint density at radius 2 is 1.46 bits per heavy atom. The number of aryl methyl sites for hydroxylation is 2. The van der Waals surface area contributed by atoms with E-state index < -0.39 is 28.5 Å². The van der Waals surface area contributed by atoms with Crippen LogP contribution in [0.1, 0.15) is 42.5 Å². The van der Waals surface area contributed by atoms with E-state index in [1.54, 1.807) is 30.3 Å². The van der Waals surface area contributed by atoms with Crippen LogP contribution in [-0.4, -0.2) is 58.0 Å². The van der Waals surface area contributed by atoms with E-state index in [0.717, 1.165) is 21.0 Å². The molecule has 0 saturated heterocycles. The number of methoxy groups -OCH3 is 2. The lowest BCUT2D eigenvalue weighted by Crippen LogP contribution is -2.54.